The fourth-order valence-electron chi connectivity index (χ4n) is 3.72. The molecule has 0 atom stereocenters. The predicted molar refractivity (Wildman–Crippen MR) is 74.3 cm³/mol. The van der Waals surface area contributed by atoms with Gasteiger partial charge in [0.05, 0.1) is 0 Å². The lowest BCUT2D eigenvalue weighted by Gasteiger charge is -2.37. The van der Waals surface area contributed by atoms with E-state index in [2.05, 4.69) is 24.3 Å². The Morgan fingerprint density at radius 1 is 1.00 bits per heavy atom. The molecule has 2 rings (SSSR count). The Morgan fingerprint density at radius 3 is 2.24 bits per heavy atom. The monoisotopic (exact) mass is 238 g/mol. The minimum atomic E-state index is 0.467. The van der Waals surface area contributed by atoms with Crippen LogP contribution >= 0.6 is 0 Å². The summed E-state index contributed by atoms with van der Waals surface area (Å²) in [5.41, 5.74) is 0.467. The molecule has 2 nitrogen and oxygen atoms in total. The highest BCUT2D eigenvalue weighted by Gasteiger charge is 2.35. The zero-order valence-electron chi connectivity index (χ0n) is 11.8. The average Bonchev–Trinajstić information content (AvgIpc) is 2.80. The first kappa shape index (κ1) is 13.4. The highest BCUT2D eigenvalue weighted by Crippen LogP contribution is 2.33. The Morgan fingerprint density at radius 2 is 1.65 bits per heavy atom. The molecule has 0 spiro atoms. The van der Waals surface area contributed by atoms with Gasteiger partial charge < -0.3 is 10.2 Å². The van der Waals surface area contributed by atoms with Gasteiger partial charge in [-0.3, -0.25) is 0 Å². The highest BCUT2D eigenvalue weighted by molar-refractivity contribution is 4.94. The third kappa shape index (κ3) is 3.45. The van der Waals surface area contributed by atoms with Crippen LogP contribution in [-0.2, 0) is 0 Å². The van der Waals surface area contributed by atoms with Crippen LogP contribution in [0.4, 0.5) is 0 Å². The third-order valence-electron chi connectivity index (χ3n) is 5.09. The first-order valence-electron chi connectivity index (χ1n) is 7.61. The van der Waals surface area contributed by atoms with E-state index < -0.39 is 0 Å². The first-order valence-corrected chi connectivity index (χ1v) is 7.61. The summed E-state index contributed by atoms with van der Waals surface area (Å²) in [6, 6.07) is 0. The smallest absolute Gasteiger partial charge is 0.0327 e. The lowest BCUT2D eigenvalue weighted by molar-refractivity contribution is 0.150. The normalized spacial score (nSPS) is 25.6. The van der Waals surface area contributed by atoms with Crippen LogP contribution in [0.5, 0.6) is 0 Å². The van der Waals surface area contributed by atoms with Crippen molar-refractivity contribution in [3.63, 3.8) is 0 Å². The van der Waals surface area contributed by atoms with Gasteiger partial charge in [-0.15, -0.1) is 0 Å². The zero-order chi connectivity index (χ0) is 12.1. The van der Waals surface area contributed by atoms with Gasteiger partial charge in [0, 0.05) is 12.1 Å². The molecule has 17 heavy (non-hydrogen) atoms. The molecule has 0 radical (unpaired) electrons. The van der Waals surface area contributed by atoms with E-state index >= 15 is 0 Å². The van der Waals surface area contributed by atoms with Gasteiger partial charge in [0.1, 0.15) is 0 Å². The summed E-state index contributed by atoms with van der Waals surface area (Å²) >= 11 is 0. The molecule has 0 heterocycles. The lowest BCUT2D eigenvalue weighted by Crippen LogP contribution is -2.50. The van der Waals surface area contributed by atoms with Gasteiger partial charge >= 0.3 is 0 Å². The molecular weight excluding hydrogens is 208 g/mol. The van der Waals surface area contributed by atoms with E-state index in [9.17, 15) is 0 Å². The molecule has 0 saturated heterocycles. The fraction of sp³-hybridized carbons (Fsp3) is 1.00. The number of likely N-dealkylation sites (N-methyl/N-ethyl adjacent to an activating group) is 1. The predicted octanol–water partition coefficient (Wildman–Crippen LogP) is 3.03. The quantitative estimate of drug-likeness (QED) is 0.792. The van der Waals surface area contributed by atoms with E-state index in [-0.39, 0.29) is 0 Å². The molecule has 2 aliphatic carbocycles. The van der Waals surface area contributed by atoms with Crippen molar-refractivity contribution in [3.8, 4) is 0 Å². The van der Waals surface area contributed by atoms with Crippen molar-refractivity contribution in [2.24, 2.45) is 5.92 Å². The summed E-state index contributed by atoms with van der Waals surface area (Å²) < 4.78 is 0. The van der Waals surface area contributed by atoms with Gasteiger partial charge in [0.15, 0.2) is 0 Å². The van der Waals surface area contributed by atoms with Gasteiger partial charge in [-0.2, -0.15) is 0 Å². The Bertz CT molecular complexity index is 213. The first-order chi connectivity index (χ1) is 8.23. The summed E-state index contributed by atoms with van der Waals surface area (Å²) in [7, 11) is 4.52. The molecule has 1 N–H and O–H groups in total. The second-order valence-corrected chi connectivity index (χ2v) is 6.46. The lowest BCUT2D eigenvalue weighted by atomic mass is 9.89. The Hall–Kier alpha value is -0.0800. The zero-order valence-corrected chi connectivity index (χ0v) is 11.8. The van der Waals surface area contributed by atoms with Gasteiger partial charge in [-0.1, -0.05) is 32.1 Å². The maximum atomic E-state index is 3.78. The van der Waals surface area contributed by atoms with Crippen LogP contribution in [0, 0.1) is 5.92 Å². The van der Waals surface area contributed by atoms with Gasteiger partial charge in [0.2, 0.25) is 0 Å². The number of rotatable bonds is 5. The fourth-order valence-corrected chi connectivity index (χ4v) is 3.72. The molecule has 100 valence electrons. The Balaban J connectivity index is 1.72. The van der Waals surface area contributed by atoms with Crippen molar-refractivity contribution in [3.05, 3.63) is 0 Å². The SMILES string of the molecule is CN(C)C1(CNCC2CCCCC2)CCCC1. The van der Waals surface area contributed by atoms with E-state index in [4.69, 9.17) is 0 Å². The van der Waals surface area contributed by atoms with E-state index in [0.717, 1.165) is 5.92 Å². The molecule has 0 amide bonds. The summed E-state index contributed by atoms with van der Waals surface area (Å²) in [5, 5.41) is 3.78. The van der Waals surface area contributed by atoms with Crippen LogP contribution in [0.2, 0.25) is 0 Å². The molecule has 2 heteroatoms. The molecule has 2 aliphatic rings. The van der Waals surface area contributed by atoms with Crippen molar-refractivity contribution >= 4 is 0 Å². The number of nitrogens with zero attached hydrogens (tertiary/aromatic N) is 1. The molecule has 0 aliphatic heterocycles. The maximum absolute atomic E-state index is 3.78. The minimum absolute atomic E-state index is 0.467. The summed E-state index contributed by atoms with van der Waals surface area (Å²) in [6.07, 6.45) is 12.9. The molecule has 0 bridgehead atoms. The van der Waals surface area contributed by atoms with Crippen LogP contribution in [0.1, 0.15) is 57.8 Å². The van der Waals surface area contributed by atoms with E-state index in [1.165, 1.54) is 70.9 Å². The third-order valence-corrected chi connectivity index (χ3v) is 5.09. The van der Waals surface area contributed by atoms with E-state index in [1.54, 1.807) is 0 Å². The van der Waals surface area contributed by atoms with Gasteiger partial charge in [-0.05, 0) is 52.2 Å². The standard InChI is InChI=1S/C15H30N2/c1-17(2)15(10-6-7-11-15)13-16-12-14-8-4-3-5-9-14/h14,16H,3-13H2,1-2H3. The highest BCUT2D eigenvalue weighted by atomic mass is 15.2. The van der Waals surface area contributed by atoms with E-state index in [0.29, 0.717) is 5.54 Å². The number of hydrogen-bond donors (Lipinski definition) is 1. The van der Waals surface area contributed by atoms with Gasteiger partial charge in [-0.25, -0.2) is 0 Å². The topological polar surface area (TPSA) is 15.3 Å². The summed E-state index contributed by atoms with van der Waals surface area (Å²) in [6.45, 7) is 2.46. The summed E-state index contributed by atoms with van der Waals surface area (Å²) in [5.74, 6) is 0.962. The number of nitrogens with one attached hydrogen (secondary N) is 1. The van der Waals surface area contributed by atoms with Crippen LogP contribution in [0.25, 0.3) is 0 Å². The Labute approximate surface area is 107 Å². The van der Waals surface area contributed by atoms with Crippen LogP contribution in [0.3, 0.4) is 0 Å². The Kier molecular flexibility index (Phi) is 4.87. The molecule has 0 aromatic carbocycles. The number of hydrogen-bond acceptors (Lipinski definition) is 2. The van der Waals surface area contributed by atoms with Crippen LogP contribution in [-0.4, -0.2) is 37.6 Å². The molecule has 0 aromatic rings. The average molecular weight is 238 g/mol. The second-order valence-electron chi connectivity index (χ2n) is 6.46. The van der Waals surface area contributed by atoms with Gasteiger partial charge in [0.25, 0.3) is 0 Å². The van der Waals surface area contributed by atoms with Crippen molar-refractivity contribution in [1.29, 1.82) is 0 Å². The van der Waals surface area contributed by atoms with Crippen molar-refractivity contribution in [1.82, 2.24) is 10.2 Å². The molecule has 2 fully saturated rings. The van der Waals surface area contributed by atoms with Crippen LogP contribution < -0.4 is 5.32 Å². The maximum Gasteiger partial charge on any atom is 0.0327 e. The van der Waals surface area contributed by atoms with Crippen molar-refractivity contribution in [2.75, 3.05) is 27.2 Å². The van der Waals surface area contributed by atoms with Crippen LogP contribution in [0.15, 0.2) is 0 Å². The largest absolute Gasteiger partial charge is 0.315 e. The van der Waals surface area contributed by atoms with E-state index in [1.807, 2.05) is 0 Å². The minimum Gasteiger partial charge on any atom is -0.315 e. The molecule has 0 unspecified atom stereocenters. The molecule has 0 aromatic heterocycles. The molecule has 2 saturated carbocycles. The van der Waals surface area contributed by atoms with Crippen molar-refractivity contribution < 1.29 is 0 Å². The van der Waals surface area contributed by atoms with Crippen molar-refractivity contribution in [2.45, 2.75) is 63.3 Å². The summed E-state index contributed by atoms with van der Waals surface area (Å²) in [4.78, 5) is 2.47. The molecular formula is C15H30N2. The second kappa shape index (κ2) is 6.19.